The SMILES string of the molecule is CC(C)(C)c1ccc2c(NN)nccc2c1. The van der Waals surface area contributed by atoms with Crippen molar-refractivity contribution < 1.29 is 0 Å². The zero-order chi connectivity index (χ0) is 11.8. The van der Waals surface area contributed by atoms with E-state index >= 15 is 0 Å². The number of nitrogens with zero attached hydrogens (tertiary/aromatic N) is 1. The Balaban J connectivity index is 2.64. The molecule has 0 saturated heterocycles. The fourth-order valence-electron chi connectivity index (χ4n) is 1.76. The summed E-state index contributed by atoms with van der Waals surface area (Å²) in [7, 11) is 0. The molecule has 0 aliphatic heterocycles. The lowest BCUT2D eigenvalue weighted by molar-refractivity contribution is 0.591. The average molecular weight is 215 g/mol. The number of benzene rings is 1. The van der Waals surface area contributed by atoms with Gasteiger partial charge in [-0.3, -0.25) is 0 Å². The Hall–Kier alpha value is -1.61. The number of fused-ring (bicyclic) bond motifs is 1. The van der Waals surface area contributed by atoms with Crippen molar-refractivity contribution in [3.05, 3.63) is 36.0 Å². The molecule has 1 heterocycles. The van der Waals surface area contributed by atoms with Crippen LogP contribution in [0.3, 0.4) is 0 Å². The van der Waals surface area contributed by atoms with E-state index in [-0.39, 0.29) is 5.41 Å². The maximum Gasteiger partial charge on any atom is 0.147 e. The predicted molar refractivity (Wildman–Crippen MR) is 68.3 cm³/mol. The van der Waals surface area contributed by atoms with E-state index in [1.165, 1.54) is 5.56 Å². The second-order valence-electron chi connectivity index (χ2n) is 4.99. The van der Waals surface area contributed by atoms with Crippen molar-refractivity contribution in [3.8, 4) is 0 Å². The lowest BCUT2D eigenvalue weighted by Gasteiger charge is -2.19. The summed E-state index contributed by atoms with van der Waals surface area (Å²) in [5, 5.41) is 2.22. The molecular formula is C13H17N3. The first-order valence-corrected chi connectivity index (χ1v) is 5.38. The molecule has 0 unspecified atom stereocenters. The number of hydrazine groups is 1. The van der Waals surface area contributed by atoms with Crippen LogP contribution in [0.25, 0.3) is 10.8 Å². The summed E-state index contributed by atoms with van der Waals surface area (Å²) in [5.74, 6) is 6.15. The average Bonchev–Trinajstić information content (AvgIpc) is 2.26. The largest absolute Gasteiger partial charge is 0.308 e. The highest BCUT2D eigenvalue weighted by Crippen LogP contribution is 2.28. The second kappa shape index (κ2) is 3.76. The highest BCUT2D eigenvalue weighted by atomic mass is 15.2. The number of anilines is 1. The fraction of sp³-hybridized carbons (Fsp3) is 0.308. The van der Waals surface area contributed by atoms with Crippen LogP contribution in [-0.2, 0) is 5.41 Å². The third kappa shape index (κ3) is 1.86. The smallest absolute Gasteiger partial charge is 0.147 e. The first kappa shape index (κ1) is 10.9. The van der Waals surface area contributed by atoms with Gasteiger partial charge in [0.1, 0.15) is 5.82 Å². The van der Waals surface area contributed by atoms with Crippen molar-refractivity contribution in [2.75, 3.05) is 5.43 Å². The molecular weight excluding hydrogens is 198 g/mol. The van der Waals surface area contributed by atoms with Gasteiger partial charge in [0.15, 0.2) is 0 Å². The minimum atomic E-state index is 0.160. The van der Waals surface area contributed by atoms with Crippen molar-refractivity contribution in [1.82, 2.24) is 4.98 Å². The van der Waals surface area contributed by atoms with Gasteiger partial charge < -0.3 is 5.43 Å². The third-order valence-electron chi connectivity index (χ3n) is 2.77. The van der Waals surface area contributed by atoms with Crippen LogP contribution in [0.4, 0.5) is 5.82 Å². The van der Waals surface area contributed by atoms with E-state index in [2.05, 4.69) is 49.4 Å². The van der Waals surface area contributed by atoms with Crippen LogP contribution in [0, 0.1) is 0 Å². The standard InChI is InChI=1S/C13H17N3/c1-13(2,3)10-4-5-11-9(8-10)6-7-15-12(11)16-14/h4-8H,14H2,1-3H3,(H,15,16). The van der Waals surface area contributed by atoms with Crippen LogP contribution >= 0.6 is 0 Å². The number of pyridine rings is 1. The van der Waals surface area contributed by atoms with Gasteiger partial charge in [0.2, 0.25) is 0 Å². The van der Waals surface area contributed by atoms with Crippen LogP contribution in [0.15, 0.2) is 30.5 Å². The Labute approximate surface area is 95.7 Å². The Morgan fingerprint density at radius 2 is 1.94 bits per heavy atom. The Bertz CT molecular complexity index is 512. The van der Waals surface area contributed by atoms with Crippen molar-refractivity contribution in [2.24, 2.45) is 5.84 Å². The highest BCUT2D eigenvalue weighted by Gasteiger charge is 2.14. The molecule has 84 valence electrons. The zero-order valence-corrected chi connectivity index (χ0v) is 9.91. The van der Waals surface area contributed by atoms with Gasteiger partial charge in [-0.2, -0.15) is 0 Å². The molecule has 16 heavy (non-hydrogen) atoms. The van der Waals surface area contributed by atoms with Gasteiger partial charge in [0.05, 0.1) is 0 Å². The summed E-state index contributed by atoms with van der Waals surface area (Å²) in [4.78, 5) is 4.18. The Morgan fingerprint density at radius 1 is 1.19 bits per heavy atom. The first-order chi connectivity index (χ1) is 7.52. The van der Waals surface area contributed by atoms with Crippen LogP contribution in [0.1, 0.15) is 26.3 Å². The molecule has 3 N–H and O–H groups in total. The minimum Gasteiger partial charge on any atom is -0.308 e. The van der Waals surface area contributed by atoms with Gasteiger partial charge >= 0.3 is 0 Å². The summed E-state index contributed by atoms with van der Waals surface area (Å²) in [6.45, 7) is 6.62. The van der Waals surface area contributed by atoms with Crippen LogP contribution in [0.2, 0.25) is 0 Å². The number of aromatic nitrogens is 1. The van der Waals surface area contributed by atoms with Crippen molar-refractivity contribution in [2.45, 2.75) is 26.2 Å². The molecule has 0 amide bonds. The topological polar surface area (TPSA) is 50.9 Å². The summed E-state index contributed by atoms with van der Waals surface area (Å²) in [6.07, 6.45) is 1.77. The number of nitrogens with one attached hydrogen (secondary N) is 1. The normalized spacial score (nSPS) is 11.8. The van der Waals surface area contributed by atoms with E-state index in [1.54, 1.807) is 6.20 Å². The van der Waals surface area contributed by atoms with Crippen molar-refractivity contribution >= 4 is 16.6 Å². The molecule has 0 spiro atoms. The van der Waals surface area contributed by atoms with Gasteiger partial charge in [-0.15, -0.1) is 0 Å². The van der Waals surface area contributed by atoms with Gasteiger partial charge in [-0.1, -0.05) is 39.0 Å². The molecule has 0 fully saturated rings. The zero-order valence-electron chi connectivity index (χ0n) is 9.91. The van der Waals surface area contributed by atoms with E-state index < -0.39 is 0 Å². The van der Waals surface area contributed by atoms with E-state index in [1.807, 2.05) is 6.07 Å². The van der Waals surface area contributed by atoms with Crippen LogP contribution in [0.5, 0.6) is 0 Å². The summed E-state index contributed by atoms with van der Waals surface area (Å²) < 4.78 is 0. The first-order valence-electron chi connectivity index (χ1n) is 5.38. The monoisotopic (exact) mass is 215 g/mol. The van der Waals surface area contributed by atoms with Crippen LogP contribution in [-0.4, -0.2) is 4.98 Å². The quantitative estimate of drug-likeness (QED) is 0.568. The van der Waals surface area contributed by atoms with Crippen LogP contribution < -0.4 is 11.3 Å². The van der Waals surface area contributed by atoms with Gasteiger partial charge in [0.25, 0.3) is 0 Å². The maximum atomic E-state index is 5.43. The fourth-order valence-corrected chi connectivity index (χ4v) is 1.76. The van der Waals surface area contributed by atoms with Crippen molar-refractivity contribution in [1.29, 1.82) is 0 Å². The Morgan fingerprint density at radius 3 is 2.56 bits per heavy atom. The predicted octanol–water partition coefficient (Wildman–Crippen LogP) is 2.82. The number of hydrogen-bond acceptors (Lipinski definition) is 3. The second-order valence-corrected chi connectivity index (χ2v) is 4.99. The van der Waals surface area contributed by atoms with Gasteiger partial charge in [-0.05, 0) is 22.4 Å². The lowest BCUT2D eigenvalue weighted by Crippen LogP contribution is -2.11. The van der Waals surface area contributed by atoms with Gasteiger partial charge in [-0.25, -0.2) is 10.8 Å². The Kier molecular flexibility index (Phi) is 2.56. The number of hydrogen-bond donors (Lipinski definition) is 2. The minimum absolute atomic E-state index is 0.160. The highest BCUT2D eigenvalue weighted by molar-refractivity contribution is 5.92. The number of nitrogen functional groups attached to an aromatic ring is 1. The molecule has 0 radical (unpaired) electrons. The molecule has 2 aromatic rings. The molecule has 0 aliphatic rings. The number of rotatable bonds is 1. The molecule has 1 aromatic heterocycles. The van der Waals surface area contributed by atoms with Gasteiger partial charge in [0, 0.05) is 11.6 Å². The molecule has 0 saturated carbocycles. The molecule has 3 nitrogen and oxygen atoms in total. The third-order valence-corrected chi connectivity index (χ3v) is 2.77. The van der Waals surface area contributed by atoms with E-state index in [0.717, 1.165) is 16.6 Å². The molecule has 0 aliphatic carbocycles. The maximum absolute atomic E-state index is 5.43. The summed E-state index contributed by atoms with van der Waals surface area (Å²) >= 11 is 0. The lowest BCUT2D eigenvalue weighted by atomic mass is 9.86. The van der Waals surface area contributed by atoms with Crippen molar-refractivity contribution in [3.63, 3.8) is 0 Å². The van der Waals surface area contributed by atoms with E-state index in [0.29, 0.717) is 0 Å². The molecule has 0 bridgehead atoms. The van der Waals surface area contributed by atoms with E-state index in [9.17, 15) is 0 Å². The number of nitrogens with two attached hydrogens (primary N) is 1. The molecule has 0 atom stereocenters. The molecule has 3 heteroatoms. The summed E-state index contributed by atoms with van der Waals surface area (Å²) in [6, 6.07) is 8.40. The molecule has 2 rings (SSSR count). The van der Waals surface area contributed by atoms with E-state index in [4.69, 9.17) is 5.84 Å². The summed E-state index contributed by atoms with van der Waals surface area (Å²) in [5.41, 5.74) is 4.09. The molecule has 1 aromatic carbocycles.